The van der Waals surface area contributed by atoms with Gasteiger partial charge >= 0.3 is 0 Å². The van der Waals surface area contributed by atoms with Gasteiger partial charge in [-0.3, -0.25) is 19.6 Å². The first-order chi connectivity index (χ1) is 15.6. The van der Waals surface area contributed by atoms with Crippen LogP contribution in [0.4, 0.5) is 11.4 Å². The number of hydrogen-bond acceptors (Lipinski definition) is 6. The quantitative estimate of drug-likeness (QED) is 0.307. The summed E-state index contributed by atoms with van der Waals surface area (Å²) in [6, 6.07) is 17.2. The molecule has 0 spiro atoms. The lowest BCUT2D eigenvalue weighted by Crippen LogP contribution is -2.47. The summed E-state index contributed by atoms with van der Waals surface area (Å²) in [6.45, 7) is 4.97. The molecule has 1 aromatic heterocycles. The third-order valence-corrected chi connectivity index (χ3v) is 6.64. The summed E-state index contributed by atoms with van der Waals surface area (Å²) in [6.07, 6.45) is 2.38. The molecule has 0 amide bonds. The monoisotopic (exact) mass is 450 g/mol. The minimum absolute atomic E-state index is 0.124. The van der Waals surface area contributed by atoms with Crippen molar-refractivity contribution in [2.24, 2.45) is 0 Å². The second-order valence-electron chi connectivity index (χ2n) is 8.51. The Morgan fingerprint density at radius 2 is 1.69 bits per heavy atom. The van der Waals surface area contributed by atoms with E-state index in [-0.39, 0.29) is 10.6 Å². The van der Waals surface area contributed by atoms with E-state index >= 15 is 0 Å². The molecule has 0 atom stereocenters. The summed E-state index contributed by atoms with van der Waals surface area (Å²) in [5, 5.41) is 15.8. The first kappa shape index (κ1) is 20.8. The van der Waals surface area contributed by atoms with Crippen molar-refractivity contribution in [1.82, 2.24) is 19.2 Å². The van der Waals surface area contributed by atoms with E-state index in [4.69, 9.17) is 17.3 Å². The molecule has 32 heavy (non-hydrogen) atoms. The fraction of sp³-hybridized carbons (Fsp3) is 0.391. The Morgan fingerprint density at radius 1 is 1.00 bits per heavy atom. The van der Waals surface area contributed by atoms with Gasteiger partial charge in [-0.2, -0.15) is 5.10 Å². The number of hydrogen-bond donors (Lipinski definition) is 0. The third-order valence-electron chi connectivity index (χ3n) is 6.21. The van der Waals surface area contributed by atoms with E-state index in [0.29, 0.717) is 12.6 Å². The minimum Gasteiger partial charge on any atom is -0.369 e. The Morgan fingerprint density at radius 3 is 2.31 bits per heavy atom. The number of rotatable bonds is 7. The van der Waals surface area contributed by atoms with Crippen LogP contribution in [0.1, 0.15) is 30.1 Å². The van der Waals surface area contributed by atoms with Crippen molar-refractivity contribution in [3.05, 3.63) is 80.9 Å². The molecule has 2 heterocycles. The summed E-state index contributed by atoms with van der Waals surface area (Å²) >= 11 is 5.83. The SMILES string of the molecule is O=[N+]([O-])c1ccc(N2CCN(Cn3nc(C4CC4)n(Cc4ccccc4)c3=S)CC2)cc1. The topological polar surface area (TPSA) is 72.4 Å². The molecule has 0 unspecified atom stereocenters. The van der Waals surface area contributed by atoms with Crippen molar-refractivity contribution in [1.29, 1.82) is 0 Å². The molecule has 0 N–H and O–H groups in total. The average Bonchev–Trinajstić information content (AvgIpc) is 3.62. The maximum absolute atomic E-state index is 10.9. The van der Waals surface area contributed by atoms with E-state index < -0.39 is 0 Å². The maximum Gasteiger partial charge on any atom is 0.269 e. The molecular weight excluding hydrogens is 424 g/mol. The van der Waals surface area contributed by atoms with Gasteiger partial charge in [-0.1, -0.05) is 30.3 Å². The highest BCUT2D eigenvalue weighted by atomic mass is 32.1. The molecule has 1 saturated heterocycles. The van der Waals surface area contributed by atoms with Crippen LogP contribution in [-0.2, 0) is 13.2 Å². The molecule has 2 fully saturated rings. The van der Waals surface area contributed by atoms with Gasteiger partial charge in [0.25, 0.3) is 5.69 Å². The van der Waals surface area contributed by atoms with E-state index in [0.717, 1.165) is 49.0 Å². The second kappa shape index (κ2) is 8.84. The van der Waals surface area contributed by atoms with Crippen molar-refractivity contribution in [3.63, 3.8) is 0 Å². The lowest BCUT2D eigenvalue weighted by molar-refractivity contribution is -0.384. The lowest BCUT2D eigenvalue weighted by Gasteiger charge is -2.35. The highest BCUT2D eigenvalue weighted by molar-refractivity contribution is 7.71. The summed E-state index contributed by atoms with van der Waals surface area (Å²) in [4.78, 5) is 15.1. The highest BCUT2D eigenvalue weighted by Gasteiger charge is 2.30. The maximum atomic E-state index is 10.9. The van der Waals surface area contributed by atoms with E-state index in [1.165, 1.54) is 18.4 Å². The Bertz CT molecular complexity index is 1150. The first-order valence-electron chi connectivity index (χ1n) is 11.0. The van der Waals surface area contributed by atoms with E-state index in [1.807, 2.05) is 22.9 Å². The molecule has 1 aliphatic heterocycles. The number of nitrogens with zero attached hydrogens (tertiary/aromatic N) is 6. The van der Waals surface area contributed by atoms with E-state index in [9.17, 15) is 10.1 Å². The third kappa shape index (κ3) is 4.44. The van der Waals surface area contributed by atoms with Crippen LogP contribution < -0.4 is 4.90 Å². The zero-order valence-electron chi connectivity index (χ0n) is 17.8. The van der Waals surface area contributed by atoms with Crippen LogP contribution in [0.2, 0.25) is 0 Å². The van der Waals surface area contributed by atoms with Crippen LogP contribution in [0, 0.1) is 14.9 Å². The van der Waals surface area contributed by atoms with Gasteiger partial charge in [0.15, 0.2) is 4.77 Å². The highest BCUT2D eigenvalue weighted by Crippen LogP contribution is 2.39. The number of aromatic nitrogens is 3. The molecule has 2 aliphatic rings. The zero-order chi connectivity index (χ0) is 22.1. The van der Waals surface area contributed by atoms with Gasteiger partial charge in [-0.25, -0.2) is 4.68 Å². The number of benzene rings is 2. The summed E-state index contributed by atoms with van der Waals surface area (Å²) in [5.74, 6) is 1.64. The van der Waals surface area contributed by atoms with Crippen molar-refractivity contribution in [2.45, 2.75) is 32.0 Å². The summed E-state index contributed by atoms with van der Waals surface area (Å²) in [5.41, 5.74) is 2.39. The van der Waals surface area contributed by atoms with Gasteiger partial charge < -0.3 is 4.90 Å². The van der Waals surface area contributed by atoms with E-state index in [1.54, 1.807) is 12.1 Å². The Hall–Kier alpha value is -3.04. The van der Waals surface area contributed by atoms with Gasteiger partial charge in [0.1, 0.15) is 5.82 Å². The number of anilines is 1. The molecule has 1 aliphatic carbocycles. The fourth-order valence-corrected chi connectivity index (χ4v) is 4.49. The van der Waals surface area contributed by atoms with Crippen molar-refractivity contribution in [2.75, 3.05) is 31.1 Å². The smallest absolute Gasteiger partial charge is 0.269 e. The van der Waals surface area contributed by atoms with Crippen LogP contribution in [0.15, 0.2) is 54.6 Å². The molecule has 0 bridgehead atoms. The predicted octanol–water partition coefficient (Wildman–Crippen LogP) is 4.03. The van der Waals surface area contributed by atoms with Crippen LogP contribution in [0.5, 0.6) is 0 Å². The van der Waals surface area contributed by atoms with Crippen molar-refractivity contribution >= 4 is 23.6 Å². The largest absolute Gasteiger partial charge is 0.369 e. The molecule has 2 aromatic carbocycles. The fourth-order valence-electron chi connectivity index (χ4n) is 4.23. The van der Waals surface area contributed by atoms with Gasteiger partial charge in [0.2, 0.25) is 0 Å². The molecular formula is C23H26N6O2S. The van der Waals surface area contributed by atoms with Crippen LogP contribution in [0.3, 0.4) is 0 Å². The number of non-ortho nitro benzene ring substituents is 1. The van der Waals surface area contributed by atoms with Crippen molar-refractivity contribution in [3.8, 4) is 0 Å². The van der Waals surface area contributed by atoms with E-state index in [2.05, 4.69) is 38.6 Å². The minimum atomic E-state index is -0.363. The van der Waals surface area contributed by atoms with Crippen LogP contribution >= 0.6 is 12.2 Å². The molecule has 3 aromatic rings. The van der Waals surface area contributed by atoms with Crippen LogP contribution in [-0.4, -0.2) is 50.3 Å². The van der Waals surface area contributed by atoms with Gasteiger partial charge in [-0.05, 0) is 42.8 Å². The lowest BCUT2D eigenvalue weighted by atomic mass is 10.2. The Kier molecular flexibility index (Phi) is 5.75. The number of piperazine rings is 1. The molecule has 8 nitrogen and oxygen atoms in total. The summed E-state index contributed by atoms with van der Waals surface area (Å²) < 4.78 is 4.97. The normalized spacial score (nSPS) is 16.9. The molecule has 166 valence electrons. The standard InChI is InChI=1S/C23H26N6O2S/c30-29(31)21-10-8-20(9-11-21)26-14-12-25(13-15-26)17-28-23(32)27(22(24-28)19-6-7-19)16-18-4-2-1-3-5-18/h1-5,8-11,19H,6-7,12-17H2. The molecule has 9 heteroatoms. The Labute approximate surface area is 191 Å². The van der Waals surface area contributed by atoms with Gasteiger partial charge in [0, 0.05) is 49.9 Å². The van der Waals surface area contributed by atoms with Gasteiger partial charge in [-0.15, -0.1) is 0 Å². The second-order valence-corrected chi connectivity index (χ2v) is 8.87. The Balaban J connectivity index is 1.25. The first-order valence-corrected chi connectivity index (χ1v) is 11.4. The molecule has 0 radical (unpaired) electrons. The van der Waals surface area contributed by atoms with Crippen LogP contribution in [0.25, 0.3) is 0 Å². The zero-order valence-corrected chi connectivity index (χ0v) is 18.7. The molecule has 1 saturated carbocycles. The predicted molar refractivity (Wildman–Crippen MR) is 125 cm³/mol. The average molecular weight is 451 g/mol. The summed E-state index contributed by atoms with van der Waals surface area (Å²) in [7, 11) is 0. The van der Waals surface area contributed by atoms with Gasteiger partial charge in [0.05, 0.1) is 18.1 Å². The number of nitro benzene ring substituents is 1. The molecule has 5 rings (SSSR count). The van der Waals surface area contributed by atoms with Crippen molar-refractivity contribution < 1.29 is 4.92 Å². The number of nitro groups is 1.